The topological polar surface area (TPSA) is 28.5 Å². The standard InChI is InChI=1S/C20H19N3S2/c1-14-13-25-20(21-14)23-19(16-8-10-17(24-2)11-9-16)12-18(22-23)15-6-4-3-5-7-15/h3-11,13,19H,12H2,1-2H3. The summed E-state index contributed by atoms with van der Waals surface area (Å²) in [7, 11) is 0. The highest BCUT2D eigenvalue weighted by atomic mass is 32.2. The van der Waals surface area contributed by atoms with Crippen LogP contribution in [-0.2, 0) is 0 Å². The maximum Gasteiger partial charge on any atom is 0.206 e. The molecule has 5 heteroatoms. The summed E-state index contributed by atoms with van der Waals surface area (Å²) in [5.74, 6) is 0. The third kappa shape index (κ3) is 3.34. The van der Waals surface area contributed by atoms with Crippen LogP contribution in [0.4, 0.5) is 5.13 Å². The molecule has 0 aliphatic carbocycles. The lowest BCUT2D eigenvalue weighted by Gasteiger charge is -2.21. The highest BCUT2D eigenvalue weighted by Gasteiger charge is 2.31. The SMILES string of the molecule is CSc1ccc(C2CC(c3ccccc3)=NN2c2nc(C)cs2)cc1. The van der Waals surface area contributed by atoms with Crippen LogP contribution < -0.4 is 5.01 Å². The minimum atomic E-state index is 0.191. The summed E-state index contributed by atoms with van der Waals surface area (Å²) in [6.45, 7) is 2.03. The van der Waals surface area contributed by atoms with Crippen LogP contribution in [0, 0.1) is 6.92 Å². The molecule has 1 unspecified atom stereocenters. The fraction of sp³-hybridized carbons (Fsp3) is 0.200. The molecule has 2 heterocycles. The van der Waals surface area contributed by atoms with Crippen molar-refractivity contribution in [2.75, 3.05) is 11.3 Å². The molecule has 0 spiro atoms. The van der Waals surface area contributed by atoms with Crippen LogP contribution in [0.3, 0.4) is 0 Å². The second-order valence-corrected chi connectivity index (χ2v) is 7.74. The maximum absolute atomic E-state index is 4.93. The highest BCUT2D eigenvalue weighted by Crippen LogP contribution is 2.38. The van der Waals surface area contributed by atoms with E-state index in [0.717, 1.165) is 23.0 Å². The number of thiazole rings is 1. The lowest BCUT2D eigenvalue weighted by molar-refractivity contribution is 0.705. The molecule has 3 nitrogen and oxygen atoms in total. The number of nitrogens with zero attached hydrogens (tertiary/aromatic N) is 3. The Morgan fingerprint density at radius 1 is 1.08 bits per heavy atom. The van der Waals surface area contributed by atoms with E-state index in [1.165, 1.54) is 16.0 Å². The van der Waals surface area contributed by atoms with Gasteiger partial charge >= 0.3 is 0 Å². The molecule has 1 aliphatic heterocycles. The van der Waals surface area contributed by atoms with Crippen molar-refractivity contribution in [3.8, 4) is 0 Å². The summed E-state index contributed by atoms with van der Waals surface area (Å²) < 4.78 is 0. The van der Waals surface area contributed by atoms with Crippen molar-refractivity contribution in [2.24, 2.45) is 5.10 Å². The van der Waals surface area contributed by atoms with E-state index >= 15 is 0 Å². The molecule has 4 rings (SSSR count). The molecule has 126 valence electrons. The summed E-state index contributed by atoms with van der Waals surface area (Å²) in [4.78, 5) is 5.94. The molecule has 0 bridgehead atoms. The van der Waals surface area contributed by atoms with Crippen molar-refractivity contribution in [3.05, 3.63) is 76.8 Å². The average molecular weight is 366 g/mol. The Labute approximate surface area is 156 Å². The number of thioether (sulfide) groups is 1. The van der Waals surface area contributed by atoms with Gasteiger partial charge in [0, 0.05) is 16.7 Å². The van der Waals surface area contributed by atoms with E-state index in [4.69, 9.17) is 5.10 Å². The van der Waals surface area contributed by atoms with Gasteiger partial charge in [0.15, 0.2) is 0 Å². The van der Waals surface area contributed by atoms with Gasteiger partial charge in [-0.3, -0.25) is 0 Å². The molecular weight excluding hydrogens is 346 g/mol. The van der Waals surface area contributed by atoms with Gasteiger partial charge in [-0.05, 0) is 36.4 Å². The van der Waals surface area contributed by atoms with Gasteiger partial charge in [0.1, 0.15) is 0 Å². The largest absolute Gasteiger partial charge is 0.231 e. The first-order chi connectivity index (χ1) is 12.2. The lowest BCUT2D eigenvalue weighted by atomic mass is 9.99. The second-order valence-electron chi connectivity index (χ2n) is 6.02. The van der Waals surface area contributed by atoms with Crippen molar-refractivity contribution >= 4 is 33.9 Å². The van der Waals surface area contributed by atoms with Gasteiger partial charge in [0.2, 0.25) is 5.13 Å². The maximum atomic E-state index is 4.93. The number of aromatic nitrogens is 1. The van der Waals surface area contributed by atoms with Crippen LogP contribution >= 0.6 is 23.1 Å². The number of hydrogen-bond acceptors (Lipinski definition) is 5. The highest BCUT2D eigenvalue weighted by molar-refractivity contribution is 7.98. The molecule has 1 atom stereocenters. The molecule has 2 aromatic carbocycles. The van der Waals surface area contributed by atoms with Gasteiger partial charge in [-0.2, -0.15) is 5.10 Å². The smallest absolute Gasteiger partial charge is 0.206 e. The third-order valence-corrected chi connectivity index (χ3v) is 6.01. The van der Waals surface area contributed by atoms with E-state index in [-0.39, 0.29) is 6.04 Å². The zero-order chi connectivity index (χ0) is 17.2. The zero-order valence-corrected chi connectivity index (χ0v) is 15.8. The molecule has 0 saturated heterocycles. The summed E-state index contributed by atoms with van der Waals surface area (Å²) in [6.07, 6.45) is 2.99. The first-order valence-electron chi connectivity index (χ1n) is 8.23. The van der Waals surface area contributed by atoms with Gasteiger partial charge < -0.3 is 0 Å². The number of benzene rings is 2. The van der Waals surface area contributed by atoms with E-state index in [1.54, 1.807) is 23.1 Å². The lowest BCUT2D eigenvalue weighted by Crippen LogP contribution is -2.18. The van der Waals surface area contributed by atoms with Gasteiger partial charge in [-0.25, -0.2) is 9.99 Å². The summed E-state index contributed by atoms with van der Waals surface area (Å²) in [5.41, 5.74) is 4.62. The van der Waals surface area contributed by atoms with Crippen molar-refractivity contribution in [1.29, 1.82) is 0 Å². The predicted octanol–water partition coefficient (Wildman–Crippen LogP) is 5.53. The van der Waals surface area contributed by atoms with E-state index < -0.39 is 0 Å². The molecule has 0 saturated carbocycles. The molecular formula is C20H19N3S2. The Morgan fingerprint density at radius 2 is 1.84 bits per heavy atom. The van der Waals surface area contributed by atoms with Gasteiger partial charge in [-0.15, -0.1) is 23.1 Å². The summed E-state index contributed by atoms with van der Waals surface area (Å²) in [5, 5.41) is 10.1. The molecule has 0 radical (unpaired) electrons. The Balaban J connectivity index is 1.72. The number of rotatable bonds is 4. The fourth-order valence-corrected chi connectivity index (χ4v) is 4.23. The minimum Gasteiger partial charge on any atom is -0.231 e. The monoisotopic (exact) mass is 365 g/mol. The number of aryl methyl sites for hydroxylation is 1. The Morgan fingerprint density at radius 3 is 2.48 bits per heavy atom. The van der Waals surface area contributed by atoms with Crippen molar-refractivity contribution in [1.82, 2.24) is 4.98 Å². The van der Waals surface area contributed by atoms with Crippen molar-refractivity contribution in [3.63, 3.8) is 0 Å². The van der Waals surface area contributed by atoms with Gasteiger partial charge in [-0.1, -0.05) is 42.5 Å². The first kappa shape index (κ1) is 16.4. The molecule has 25 heavy (non-hydrogen) atoms. The van der Waals surface area contributed by atoms with E-state index in [0.29, 0.717) is 0 Å². The van der Waals surface area contributed by atoms with Crippen LogP contribution in [0.5, 0.6) is 0 Å². The number of hydrazone groups is 1. The summed E-state index contributed by atoms with van der Waals surface area (Å²) in [6, 6.07) is 19.4. The van der Waals surface area contributed by atoms with Crippen LogP contribution in [-0.4, -0.2) is 17.0 Å². The van der Waals surface area contributed by atoms with Gasteiger partial charge in [0.25, 0.3) is 0 Å². The quantitative estimate of drug-likeness (QED) is 0.569. The Bertz CT molecular complexity index is 885. The predicted molar refractivity (Wildman–Crippen MR) is 108 cm³/mol. The van der Waals surface area contributed by atoms with Crippen LogP contribution in [0.2, 0.25) is 0 Å². The molecule has 0 fully saturated rings. The number of anilines is 1. The summed E-state index contributed by atoms with van der Waals surface area (Å²) >= 11 is 3.42. The molecule has 0 N–H and O–H groups in total. The van der Waals surface area contributed by atoms with E-state index in [1.807, 2.05) is 13.0 Å². The molecule has 1 aromatic heterocycles. The first-order valence-corrected chi connectivity index (χ1v) is 10.3. The fourth-order valence-electron chi connectivity index (χ4n) is 3.02. The zero-order valence-electron chi connectivity index (χ0n) is 14.2. The van der Waals surface area contributed by atoms with Gasteiger partial charge in [0.05, 0.1) is 17.4 Å². The molecule has 3 aromatic rings. The normalized spacial score (nSPS) is 17.0. The minimum absolute atomic E-state index is 0.191. The van der Waals surface area contributed by atoms with Crippen molar-refractivity contribution < 1.29 is 0 Å². The number of hydrogen-bond donors (Lipinski definition) is 0. The van der Waals surface area contributed by atoms with E-state index in [9.17, 15) is 0 Å². The Kier molecular flexibility index (Phi) is 4.59. The third-order valence-electron chi connectivity index (χ3n) is 4.32. The van der Waals surface area contributed by atoms with E-state index in [2.05, 4.69) is 70.2 Å². The molecule has 1 aliphatic rings. The van der Waals surface area contributed by atoms with Crippen LogP contribution in [0.25, 0.3) is 0 Å². The van der Waals surface area contributed by atoms with Crippen LogP contribution in [0.15, 0.2) is 70.0 Å². The van der Waals surface area contributed by atoms with Crippen LogP contribution in [0.1, 0.15) is 29.3 Å². The molecule has 0 amide bonds. The Hall–Kier alpha value is -2.11. The second kappa shape index (κ2) is 7.02. The van der Waals surface area contributed by atoms with Crippen molar-refractivity contribution in [2.45, 2.75) is 24.3 Å². The average Bonchev–Trinajstić information content (AvgIpc) is 3.29.